The lowest BCUT2D eigenvalue weighted by Gasteiger charge is -2.19. The van der Waals surface area contributed by atoms with Crippen molar-refractivity contribution in [1.29, 1.82) is 0 Å². The van der Waals surface area contributed by atoms with Crippen molar-refractivity contribution < 1.29 is 0 Å². The molecule has 0 saturated carbocycles. The second kappa shape index (κ2) is 5.47. The lowest BCUT2D eigenvalue weighted by molar-refractivity contribution is 0.535. The highest BCUT2D eigenvalue weighted by atomic mass is 32.2. The van der Waals surface area contributed by atoms with Crippen molar-refractivity contribution in [2.75, 3.05) is 0 Å². The summed E-state index contributed by atoms with van der Waals surface area (Å²) in [5, 5.41) is 0. The summed E-state index contributed by atoms with van der Waals surface area (Å²) >= 11 is 1.68. The molecule has 1 N–H and O–H groups in total. The van der Waals surface area contributed by atoms with Gasteiger partial charge in [-0.05, 0) is 55.8 Å². The molecule has 74 valence electrons. The Morgan fingerprint density at radius 1 is 1.08 bits per heavy atom. The highest BCUT2D eigenvalue weighted by Gasteiger charge is 2.08. The molecule has 1 aromatic rings. The topological polar surface area (TPSA) is 12.0 Å². The van der Waals surface area contributed by atoms with Gasteiger partial charge in [0.05, 0.1) is 0 Å². The first-order valence-electron chi connectivity index (χ1n) is 4.07. The van der Waals surface area contributed by atoms with Crippen molar-refractivity contribution in [2.24, 2.45) is 0 Å². The molecule has 0 bridgehead atoms. The maximum atomic E-state index is 3.35. The van der Waals surface area contributed by atoms with Crippen LogP contribution in [0.4, 0.5) is 0 Å². The molecule has 0 heterocycles. The fourth-order valence-electron chi connectivity index (χ4n) is 0.701. The summed E-state index contributed by atoms with van der Waals surface area (Å²) in [6.07, 6.45) is 0. The van der Waals surface area contributed by atoms with E-state index in [-0.39, 0.29) is 16.5 Å². The lowest BCUT2D eigenvalue weighted by Crippen LogP contribution is -2.29. The number of benzene rings is 1. The maximum Gasteiger partial charge on any atom is 0.0228 e. The Morgan fingerprint density at radius 3 is 2.08 bits per heavy atom. The molecule has 1 nitrogen and oxygen atoms in total. The second-order valence-electron chi connectivity index (χ2n) is 3.77. The molecular weight excluding hydrogens is 194 g/mol. The van der Waals surface area contributed by atoms with Crippen LogP contribution in [0.2, 0.25) is 0 Å². The predicted molar refractivity (Wildman–Crippen MR) is 66.5 cm³/mol. The summed E-state index contributed by atoms with van der Waals surface area (Å²) < 4.78 is 3.35. The first-order valence-corrected chi connectivity index (χ1v) is 4.89. The van der Waals surface area contributed by atoms with Crippen molar-refractivity contribution in [1.82, 2.24) is 4.72 Å². The molecule has 0 aromatic heterocycles. The molecule has 0 spiro atoms. The summed E-state index contributed by atoms with van der Waals surface area (Å²) in [4.78, 5) is 1.26. The van der Waals surface area contributed by atoms with E-state index in [9.17, 15) is 0 Å². The summed E-state index contributed by atoms with van der Waals surface area (Å²) in [6, 6.07) is 10.3. The van der Waals surface area contributed by atoms with Crippen LogP contribution in [-0.4, -0.2) is 16.5 Å². The highest BCUT2D eigenvalue weighted by Crippen LogP contribution is 2.16. The van der Waals surface area contributed by atoms with Gasteiger partial charge in [0.1, 0.15) is 0 Å². The SMILES string of the molecule is CC(C)(C)NSc1ccccc1.[SiH4]. The number of hydrogen-bond acceptors (Lipinski definition) is 2. The van der Waals surface area contributed by atoms with Crippen LogP contribution in [0.5, 0.6) is 0 Å². The fraction of sp³-hybridized carbons (Fsp3) is 0.400. The van der Waals surface area contributed by atoms with Gasteiger partial charge in [0.15, 0.2) is 0 Å². The zero-order chi connectivity index (χ0) is 9.03. The number of nitrogens with one attached hydrogen (secondary N) is 1. The lowest BCUT2D eigenvalue weighted by atomic mass is 10.1. The van der Waals surface area contributed by atoms with E-state index in [2.05, 4.69) is 37.6 Å². The van der Waals surface area contributed by atoms with Gasteiger partial charge in [-0.3, -0.25) is 4.72 Å². The van der Waals surface area contributed by atoms with Crippen LogP contribution in [0, 0.1) is 0 Å². The van der Waals surface area contributed by atoms with Crippen LogP contribution in [-0.2, 0) is 0 Å². The van der Waals surface area contributed by atoms with E-state index in [1.54, 1.807) is 11.9 Å². The average Bonchev–Trinajstić information content (AvgIpc) is 2.02. The maximum absolute atomic E-state index is 3.35. The second-order valence-corrected chi connectivity index (χ2v) is 4.65. The van der Waals surface area contributed by atoms with Gasteiger partial charge in [-0.15, -0.1) is 0 Å². The minimum atomic E-state index is 0. The Balaban J connectivity index is 0.00000144. The third kappa shape index (κ3) is 5.91. The zero-order valence-electron chi connectivity index (χ0n) is 7.79. The highest BCUT2D eigenvalue weighted by molar-refractivity contribution is 7.97. The Morgan fingerprint density at radius 2 is 1.62 bits per heavy atom. The molecule has 13 heavy (non-hydrogen) atoms. The van der Waals surface area contributed by atoms with Gasteiger partial charge in [0.25, 0.3) is 0 Å². The van der Waals surface area contributed by atoms with E-state index in [0.29, 0.717) is 0 Å². The van der Waals surface area contributed by atoms with Crippen LogP contribution in [0.1, 0.15) is 20.8 Å². The van der Waals surface area contributed by atoms with Gasteiger partial charge in [0.2, 0.25) is 0 Å². The van der Waals surface area contributed by atoms with Crippen LogP contribution < -0.4 is 4.72 Å². The monoisotopic (exact) mass is 213 g/mol. The van der Waals surface area contributed by atoms with Crippen molar-refractivity contribution in [3.05, 3.63) is 30.3 Å². The minimum Gasteiger partial charge on any atom is -0.255 e. The third-order valence-corrected chi connectivity index (χ3v) is 2.44. The molecular formula is C10H19NSSi. The fourth-order valence-corrected chi connectivity index (χ4v) is 1.42. The molecule has 0 aliphatic heterocycles. The molecule has 0 radical (unpaired) electrons. The van der Waals surface area contributed by atoms with Gasteiger partial charge < -0.3 is 0 Å². The Hall–Kier alpha value is -0.253. The van der Waals surface area contributed by atoms with Gasteiger partial charge in [-0.1, -0.05) is 18.2 Å². The van der Waals surface area contributed by atoms with Gasteiger partial charge >= 0.3 is 0 Å². The summed E-state index contributed by atoms with van der Waals surface area (Å²) in [5.74, 6) is 0. The Bertz CT molecular complexity index is 230. The van der Waals surface area contributed by atoms with Crippen LogP contribution in [0.3, 0.4) is 0 Å². The van der Waals surface area contributed by atoms with Gasteiger partial charge in [-0.25, -0.2) is 0 Å². The van der Waals surface area contributed by atoms with Crippen molar-refractivity contribution in [2.45, 2.75) is 31.2 Å². The van der Waals surface area contributed by atoms with Crippen molar-refractivity contribution >= 4 is 22.9 Å². The van der Waals surface area contributed by atoms with Gasteiger partial charge in [0, 0.05) is 10.4 Å². The average molecular weight is 213 g/mol. The molecule has 0 unspecified atom stereocenters. The van der Waals surface area contributed by atoms with Crippen LogP contribution >= 0.6 is 11.9 Å². The van der Waals surface area contributed by atoms with E-state index in [4.69, 9.17) is 0 Å². The van der Waals surface area contributed by atoms with E-state index < -0.39 is 0 Å². The smallest absolute Gasteiger partial charge is 0.0228 e. The molecule has 0 aliphatic carbocycles. The van der Waals surface area contributed by atoms with Crippen molar-refractivity contribution in [3.63, 3.8) is 0 Å². The minimum absolute atomic E-state index is 0. The molecule has 0 aliphatic rings. The van der Waals surface area contributed by atoms with Crippen molar-refractivity contribution in [3.8, 4) is 0 Å². The molecule has 0 amide bonds. The number of hydrogen-bond donors (Lipinski definition) is 1. The van der Waals surface area contributed by atoms with Crippen LogP contribution in [0.15, 0.2) is 35.2 Å². The quantitative estimate of drug-likeness (QED) is 0.592. The van der Waals surface area contributed by atoms with Crippen LogP contribution in [0.25, 0.3) is 0 Å². The molecule has 3 heteroatoms. The Labute approximate surface area is 89.5 Å². The third-order valence-electron chi connectivity index (χ3n) is 1.22. The normalized spacial score (nSPS) is 10.7. The van der Waals surface area contributed by atoms with E-state index in [1.807, 2.05) is 18.2 Å². The van der Waals surface area contributed by atoms with E-state index >= 15 is 0 Å². The molecule has 0 fully saturated rings. The zero-order valence-corrected chi connectivity index (χ0v) is 8.61. The molecule has 1 rings (SSSR count). The summed E-state index contributed by atoms with van der Waals surface area (Å²) in [5.41, 5.74) is 0.167. The van der Waals surface area contributed by atoms with E-state index in [1.165, 1.54) is 4.90 Å². The predicted octanol–water partition coefficient (Wildman–Crippen LogP) is 1.63. The summed E-state index contributed by atoms with van der Waals surface area (Å²) in [6.45, 7) is 6.47. The molecule has 1 aromatic carbocycles. The summed E-state index contributed by atoms with van der Waals surface area (Å²) in [7, 11) is 0. The molecule has 0 atom stereocenters. The Kier molecular flexibility index (Phi) is 5.36. The first kappa shape index (κ1) is 12.7. The van der Waals surface area contributed by atoms with Gasteiger partial charge in [-0.2, -0.15) is 0 Å². The first-order chi connectivity index (χ1) is 5.58. The molecule has 0 saturated heterocycles. The number of rotatable bonds is 2. The van der Waals surface area contributed by atoms with E-state index in [0.717, 1.165) is 0 Å². The standard InChI is InChI=1S/C10H15NS.H4Si/c1-10(2,3)11-12-9-7-5-4-6-8-9;/h4-8,11H,1-3H3;1H4. The largest absolute Gasteiger partial charge is 0.255 e.